The molecule has 146 valence electrons. The zero-order valence-electron chi connectivity index (χ0n) is 16.2. The fraction of sp³-hybridized carbons (Fsp3) is 0.227. The molecular formula is C22H20N4O3. The fourth-order valence-electron chi connectivity index (χ4n) is 3.72. The minimum atomic E-state index is -0.271. The van der Waals surface area contributed by atoms with Crippen LogP contribution >= 0.6 is 0 Å². The lowest BCUT2D eigenvalue weighted by Gasteiger charge is -2.11. The van der Waals surface area contributed by atoms with Crippen LogP contribution in [0.3, 0.4) is 0 Å². The van der Waals surface area contributed by atoms with E-state index in [2.05, 4.69) is 10.4 Å². The Labute approximate surface area is 166 Å². The maximum atomic E-state index is 13.4. The molecule has 7 heteroatoms. The number of fused-ring (bicyclic) bond motifs is 3. The molecule has 0 atom stereocenters. The second kappa shape index (κ2) is 6.48. The van der Waals surface area contributed by atoms with Gasteiger partial charge in [0.05, 0.1) is 12.8 Å². The van der Waals surface area contributed by atoms with Crippen LogP contribution in [-0.2, 0) is 7.05 Å². The summed E-state index contributed by atoms with van der Waals surface area (Å²) in [6.07, 6.45) is 1.95. The predicted octanol–water partition coefficient (Wildman–Crippen LogP) is 2.78. The SMILES string of the molecule is COc1ccc(-n2nc(C(=O)NC3CC3)c3c4ccccc4n(C)c3c2=O)cc1. The molecule has 0 radical (unpaired) electrons. The van der Waals surface area contributed by atoms with Crippen molar-refractivity contribution in [3.05, 3.63) is 64.6 Å². The van der Waals surface area contributed by atoms with Crippen molar-refractivity contribution in [3.63, 3.8) is 0 Å². The summed E-state index contributed by atoms with van der Waals surface area (Å²) in [7, 11) is 3.42. The highest BCUT2D eigenvalue weighted by atomic mass is 16.5. The molecule has 0 saturated heterocycles. The summed E-state index contributed by atoms with van der Waals surface area (Å²) in [6, 6.07) is 14.9. The van der Waals surface area contributed by atoms with Crippen LogP contribution in [0, 0.1) is 0 Å². The zero-order chi connectivity index (χ0) is 20.1. The monoisotopic (exact) mass is 388 g/mol. The molecule has 7 nitrogen and oxygen atoms in total. The van der Waals surface area contributed by atoms with Gasteiger partial charge in [-0.15, -0.1) is 0 Å². The first-order chi connectivity index (χ1) is 14.1. The van der Waals surface area contributed by atoms with Gasteiger partial charge in [-0.2, -0.15) is 9.78 Å². The Balaban J connectivity index is 1.83. The molecule has 29 heavy (non-hydrogen) atoms. The van der Waals surface area contributed by atoms with Gasteiger partial charge in [0.1, 0.15) is 11.3 Å². The highest BCUT2D eigenvalue weighted by molar-refractivity contribution is 6.16. The van der Waals surface area contributed by atoms with Crippen molar-refractivity contribution in [2.24, 2.45) is 7.05 Å². The van der Waals surface area contributed by atoms with Crippen molar-refractivity contribution < 1.29 is 9.53 Å². The molecule has 2 heterocycles. The number of hydrogen-bond donors (Lipinski definition) is 1. The number of aryl methyl sites for hydroxylation is 1. The molecule has 2 aromatic carbocycles. The number of carbonyl (C=O) groups excluding carboxylic acids is 1. The molecule has 1 aliphatic rings. The van der Waals surface area contributed by atoms with Gasteiger partial charge in [-0.1, -0.05) is 18.2 Å². The van der Waals surface area contributed by atoms with Gasteiger partial charge in [-0.25, -0.2) is 0 Å². The molecule has 0 spiro atoms. The average molecular weight is 388 g/mol. The normalized spacial score (nSPS) is 13.7. The maximum Gasteiger partial charge on any atom is 0.296 e. The second-order valence-electron chi connectivity index (χ2n) is 7.31. The minimum Gasteiger partial charge on any atom is -0.497 e. The van der Waals surface area contributed by atoms with Crippen LogP contribution in [-0.4, -0.2) is 33.4 Å². The molecule has 1 saturated carbocycles. The van der Waals surface area contributed by atoms with Gasteiger partial charge in [-0.05, 0) is 43.2 Å². The molecule has 5 rings (SSSR count). The topological polar surface area (TPSA) is 78.2 Å². The summed E-state index contributed by atoms with van der Waals surface area (Å²) < 4.78 is 8.33. The number of aromatic nitrogens is 3. The van der Waals surface area contributed by atoms with Crippen LogP contribution in [0.5, 0.6) is 5.75 Å². The minimum absolute atomic E-state index is 0.190. The van der Waals surface area contributed by atoms with Gasteiger partial charge in [0.25, 0.3) is 11.5 Å². The molecule has 0 bridgehead atoms. The zero-order valence-corrected chi connectivity index (χ0v) is 16.2. The number of hydrogen-bond acceptors (Lipinski definition) is 4. The number of rotatable bonds is 4. The van der Waals surface area contributed by atoms with Gasteiger partial charge in [0.15, 0.2) is 5.69 Å². The number of ether oxygens (including phenoxy) is 1. The quantitative estimate of drug-likeness (QED) is 0.583. The number of carbonyl (C=O) groups is 1. The first kappa shape index (κ1) is 17.5. The van der Waals surface area contributed by atoms with Crippen LogP contribution in [0.1, 0.15) is 23.3 Å². The van der Waals surface area contributed by atoms with Gasteiger partial charge in [-0.3, -0.25) is 9.59 Å². The van der Waals surface area contributed by atoms with E-state index in [9.17, 15) is 9.59 Å². The third kappa shape index (κ3) is 2.77. The maximum absolute atomic E-state index is 13.4. The van der Waals surface area contributed by atoms with Crippen LogP contribution in [0.4, 0.5) is 0 Å². The summed E-state index contributed by atoms with van der Waals surface area (Å²) in [5.74, 6) is 0.426. The van der Waals surface area contributed by atoms with E-state index in [1.807, 2.05) is 35.9 Å². The molecule has 0 unspecified atom stereocenters. The third-order valence-electron chi connectivity index (χ3n) is 5.38. The number of nitrogens with zero attached hydrogens (tertiary/aromatic N) is 3. The van der Waals surface area contributed by atoms with E-state index in [4.69, 9.17) is 4.74 Å². The number of amides is 1. The Morgan fingerprint density at radius 3 is 2.55 bits per heavy atom. The van der Waals surface area contributed by atoms with Crippen molar-refractivity contribution in [2.75, 3.05) is 7.11 Å². The Morgan fingerprint density at radius 1 is 1.14 bits per heavy atom. The van der Waals surface area contributed by atoms with E-state index in [-0.39, 0.29) is 23.2 Å². The summed E-state index contributed by atoms with van der Waals surface area (Å²) in [6.45, 7) is 0. The average Bonchev–Trinajstić information content (AvgIpc) is 3.51. The van der Waals surface area contributed by atoms with E-state index in [0.29, 0.717) is 22.3 Å². The Morgan fingerprint density at radius 2 is 1.86 bits per heavy atom. The molecule has 0 aliphatic heterocycles. The van der Waals surface area contributed by atoms with Crippen LogP contribution in [0.25, 0.3) is 27.5 Å². The van der Waals surface area contributed by atoms with Gasteiger partial charge < -0.3 is 14.6 Å². The largest absolute Gasteiger partial charge is 0.497 e. The Bertz CT molecular complexity index is 1310. The first-order valence-electron chi connectivity index (χ1n) is 9.54. The lowest BCUT2D eigenvalue weighted by Crippen LogP contribution is -2.31. The van der Waals surface area contributed by atoms with Crippen LogP contribution in [0.2, 0.25) is 0 Å². The fourth-order valence-corrected chi connectivity index (χ4v) is 3.72. The Hall–Kier alpha value is -3.61. The first-order valence-corrected chi connectivity index (χ1v) is 9.54. The van der Waals surface area contributed by atoms with Gasteiger partial charge >= 0.3 is 0 Å². The molecular weight excluding hydrogens is 368 g/mol. The smallest absolute Gasteiger partial charge is 0.296 e. The van der Waals surface area contributed by atoms with Crippen molar-refractivity contribution in [3.8, 4) is 11.4 Å². The number of methoxy groups -OCH3 is 1. The predicted molar refractivity (Wildman–Crippen MR) is 111 cm³/mol. The highest BCUT2D eigenvalue weighted by Crippen LogP contribution is 2.29. The lowest BCUT2D eigenvalue weighted by atomic mass is 10.1. The van der Waals surface area contributed by atoms with E-state index in [0.717, 1.165) is 23.7 Å². The van der Waals surface area contributed by atoms with Gasteiger partial charge in [0.2, 0.25) is 0 Å². The van der Waals surface area contributed by atoms with Crippen molar-refractivity contribution >= 4 is 27.7 Å². The third-order valence-corrected chi connectivity index (χ3v) is 5.38. The Kier molecular flexibility index (Phi) is 3.91. The van der Waals surface area contributed by atoms with Crippen LogP contribution in [0.15, 0.2) is 53.3 Å². The van der Waals surface area contributed by atoms with E-state index >= 15 is 0 Å². The van der Waals surface area contributed by atoms with Crippen molar-refractivity contribution in [1.82, 2.24) is 19.7 Å². The van der Waals surface area contributed by atoms with Gasteiger partial charge in [0, 0.05) is 29.4 Å². The number of para-hydroxylation sites is 1. The summed E-state index contributed by atoms with van der Waals surface area (Å²) in [5.41, 5.74) is 1.90. The molecule has 1 fully saturated rings. The summed E-state index contributed by atoms with van der Waals surface area (Å²) >= 11 is 0. The van der Waals surface area contributed by atoms with Crippen molar-refractivity contribution in [2.45, 2.75) is 18.9 Å². The van der Waals surface area contributed by atoms with E-state index in [1.54, 1.807) is 31.4 Å². The van der Waals surface area contributed by atoms with Crippen LogP contribution < -0.4 is 15.6 Å². The number of nitrogens with one attached hydrogen (secondary N) is 1. The van der Waals surface area contributed by atoms with Crippen molar-refractivity contribution in [1.29, 1.82) is 0 Å². The molecule has 4 aromatic rings. The summed E-state index contributed by atoms with van der Waals surface area (Å²) in [5, 5.41) is 8.95. The highest BCUT2D eigenvalue weighted by Gasteiger charge is 2.28. The summed E-state index contributed by atoms with van der Waals surface area (Å²) in [4.78, 5) is 26.4. The molecule has 2 aromatic heterocycles. The lowest BCUT2D eigenvalue weighted by molar-refractivity contribution is 0.0946. The molecule has 1 aliphatic carbocycles. The van der Waals surface area contributed by atoms with E-state index in [1.165, 1.54) is 4.68 Å². The number of benzene rings is 2. The standard InChI is InChI=1S/C22H20N4O3/c1-25-17-6-4-3-5-16(17)18-19(21(27)23-13-7-8-13)24-26(22(28)20(18)25)14-9-11-15(29-2)12-10-14/h3-6,9-13H,7-8H2,1-2H3,(H,23,27). The molecule has 1 amide bonds. The second-order valence-corrected chi connectivity index (χ2v) is 7.31. The van der Waals surface area contributed by atoms with E-state index < -0.39 is 0 Å². The molecule has 1 N–H and O–H groups in total.